The Labute approximate surface area is 169 Å². The van der Waals surface area contributed by atoms with Crippen molar-refractivity contribution < 1.29 is 13.2 Å². The smallest absolute Gasteiger partial charge is 0.217 e. The number of aryl methyl sites for hydroxylation is 2. The lowest BCUT2D eigenvalue weighted by Crippen LogP contribution is -2.40. The number of benzene rings is 1. The van der Waals surface area contributed by atoms with Gasteiger partial charge in [-0.1, -0.05) is 18.2 Å². The molecule has 0 bridgehead atoms. The number of hydrogen-bond donors (Lipinski definition) is 0. The molecule has 1 fully saturated rings. The lowest BCUT2D eigenvalue weighted by atomic mass is 9.95. The summed E-state index contributed by atoms with van der Waals surface area (Å²) in [5, 5.41) is 2.15. The molecule has 0 atom stereocenters. The van der Waals surface area contributed by atoms with Crippen molar-refractivity contribution in [3.05, 3.63) is 52.9 Å². The van der Waals surface area contributed by atoms with Crippen LogP contribution < -0.4 is 4.74 Å². The molecule has 0 aliphatic carbocycles. The van der Waals surface area contributed by atoms with Crippen molar-refractivity contribution in [3.63, 3.8) is 0 Å². The summed E-state index contributed by atoms with van der Waals surface area (Å²) in [7, 11) is -3.31. The van der Waals surface area contributed by atoms with Gasteiger partial charge < -0.3 is 4.74 Å². The number of fused-ring (bicyclic) bond motifs is 1. The summed E-state index contributed by atoms with van der Waals surface area (Å²) in [5.74, 6) is 2.03. The summed E-state index contributed by atoms with van der Waals surface area (Å²) in [5.41, 5.74) is 2.33. The number of imidazole rings is 1. The SMILES string of the molecule is Cc1csc2c(C3CCN(S(=O)(=O)CCOc4ccccc4)CC3)nc(C)n12. The maximum Gasteiger partial charge on any atom is 0.217 e. The highest BCUT2D eigenvalue weighted by atomic mass is 32.2. The van der Waals surface area contributed by atoms with Gasteiger partial charge in [0, 0.05) is 30.1 Å². The van der Waals surface area contributed by atoms with Crippen LogP contribution in [0, 0.1) is 13.8 Å². The minimum atomic E-state index is -3.31. The monoisotopic (exact) mass is 419 g/mol. The number of thiazole rings is 1. The first-order valence-corrected chi connectivity index (χ1v) is 12.0. The third kappa shape index (κ3) is 3.81. The van der Waals surface area contributed by atoms with Crippen molar-refractivity contribution >= 4 is 26.2 Å². The topological polar surface area (TPSA) is 63.9 Å². The Morgan fingerprint density at radius 2 is 1.89 bits per heavy atom. The summed E-state index contributed by atoms with van der Waals surface area (Å²) < 4.78 is 34.7. The van der Waals surface area contributed by atoms with E-state index in [1.54, 1.807) is 15.6 Å². The molecule has 2 aromatic heterocycles. The summed E-state index contributed by atoms with van der Waals surface area (Å²) in [6.45, 7) is 5.38. The molecule has 8 heteroatoms. The largest absolute Gasteiger partial charge is 0.492 e. The molecule has 0 radical (unpaired) electrons. The Morgan fingerprint density at radius 1 is 1.18 bits per heavy atom. The second-order valence-corrected chi connectivity index (χ2v) is 10.2. The van der Waals surface area contributed by atoms with Crippen LogP contribution >= 0.6 is 11.3 Å². The predicted molar refractivity (Wildman–Crippen MR) is 112 cm³/mol. The molecule has 0 N–H and O–H groups in total. The van der Waals surface area contributed by atoms with Crippen LogP contribution in [0.2, 0.25) is 0 Å². The van der Waals surface area contributed by atoms with Crippen LogP contribution in [-0.4, -0.2) is 47.6 Å². The lowest BCUT2D eigenvalue weighted by Gasteiger charge is -2.30. The fourth-order valence-electron chi connectivity index (χ4n) is 3.84. The van der Waals surface area contributed by atoms with Crippen molar-refractivity contribution in [2.24, 2.45) is 0 Å². The molecule has 1 aliphatic heterocycles. The van der Waals surface area contributed by atoms with Crippen LogP contribution in [0.5, 0.6) is 5.75 Å². The molecule has 28 heavy (non-hydrogen) atoms. The van der Waals surface area contributed by atoms with Gasteiger partial charge in [0.1, 0.15) is 23.0 Å². The zero-order valence-electron chi connectivity index (χ0n) is 16.2. The average molecular weight is 420 g/mol. The van der Waals surface area contributed by atoms with Gasteiger partial charge in [-0.15, -0.1) is 11.3 Å². The third-order valence-corrected chi connectivity index (χ3v) is 8.22. The Bertz CT molecular complexity index is 1050. The van der Waals surface area contributed by atoms with Crippen molar-refractivity contribution in [2.75, 3.05) is 25.4 Å². The van der Waals surface area contributed by atoms with E-state index >= 15 is 0 Å². The Morgan fingerprint density at radius 3 is 2.61 bits per heavy atom. The Balaban J connectivity index is 1.36. The first-order valence-electron chi connectivity index (χ1n) is 9.54. The van der Waals surface area contributed by atoms with Gasteiger partial charge in [-0.05, 0) is 38.8 Å². The van der Waals surface area contributed by atoms with E-state index in [1.807, 2.05) is 37.3 Å². The van der Waals surface area contributed by atoms with Gasteiger partial charge in [0.25, 0.3) is 0 Å². The second-order valence-electron chi connectivity index (χ2n) is 7.21. The zero-order valence-corrected chi connectivity index (χ0v) is 17.8. The van der Waals surface area contributed by atoms with Crippen LogP contribution in [0.15, 0.2) is 35.7 Å². The third-order valence-electron chi connectivity index (χ3n) is 5.31. The Kier molecular flexibility index (Phi) is 5.44. The van der Waals surface area contributed by atoms with Crippen LogP contribution in [0.4, 0.5) is 0 Å². The van der Waals surface area contributed by atoms with Gasteiger partial charge in [-0.2, -0.15) is 0 Å². The summed E-state index contributed by atoms with van der Waals surface area (Å²) >= 11 is 1.72. The van der Waals surface area contributed by atoms with E-state index in [9.17, 15) is 8.42 Å². The normalized spacial score (nSPS) is 16.6. The van der Waals surface area contributed by atoms with Crippen molar-refractivity contribution in [1.29, 1.82) is 0 Å². The molecule has 4 rings (SSSR count). The van der Waals surface area contributed by atoms with Crippen molar-refractivity contribution in [3.8, 4) is 5.75 Å². The first-order chi connectivity index (χ1) is 13.5. The number of rotatable bonds is 6. The highest BCUT2D eigenvalue weighted by Gasteiger charge is 2.31. The number of para-hydroxylation sites is 1. The molecule has 0 amide bonds. The number of sulfonamides is 1. The highest BCUT2D eigenvalue weighted by molar-refractivity contribution is 7.89. The van der Waals surface area contributed by atoms with E-state index in [4.69, 9.17) is 9.72 Å². The standard InChI is InChI=1S/C20H25N3O3S2/c1-15-14-27-20-19(21-16(2)23(15)20)17-8-10-22(11-9-17)28(24,25)13-12-26-18-6-4-3-5-7-18/h3-7,14,17H,8-13H2,1-2H3. The molecule has 6 nitrogen and oxygen atoms in total. The molecule has 150 valence electrons. The molecule has 3 heterocycles. The second kappa shape index (κ2) is 7.85. The molecular formula is C20H25N3O3S2. The van der Waals surface area contributed by atoms with Crippen LogP contribution in [0.3, 0.4) is 0 Å². The van der Waals surface area contributed by atoms with Crippen LogP contribution in [-0.2, 0) is 10.0 Å². The van der Waals surface area contributed by atoms with Gasteiger partial charge in [-0.3, -0.25) is 4.40 Å². The number of hydrogen-bond acceptors (Lipinski definition) is 5. The van der Waals surface area contributed by atoms with Gasteiger partial charge in [0.05, 0.1) is 11.4 Å². The number of aromatic nitrogens is 2. The van der Waals surface area contributed by atoms with E-state index in [2.05, 4.69) is 16.7 Å². The minimum Gasteiger partial charge on any atom is -0.492 e. The summed E-state index contributed by atoms with van der Waals surface area (Å²) in [6.07, 6.45) is 1.61. The fourth-order valence-corrected chi connectivity index (χ4v) is 6.26. The average Bonchev–Trinajstić information content (AvgIpc) is 3.24. The van der Waals surface area contributed by atoms with Gasteiger partial charge in [-0.25, -0.2) is 17.7 Å². The molecule has 0 saturated carbocycles. The Hall–Kier alpha value is -1.90. The molecule has 3 aromatic rings. The zero-order chi connectivity index (χ0) is 19.7. The summed E-state index contributed by atoms with van der Waals surface area (Å²) in [4.78, 5) is 5.99. The van der Waals surface area contributed by atoms with Crippen LogP contribution in [0.25, 0.3) is 4.83 Å². The maximum atomic E-state index is 12.7. The summed E-state index contributed by atoms with van der Waals surface area (Å²) in [6, 6.07) is 9.31. The predicted octanol–water partition coefficient (Wildman–Crippen LogP) is 3.60. The van der Waals surface area contributed by atoms with E-state index in [0.29, 0.717) is 24.8 Å². The van der Waals surface area contributed by atoms with Crippen LogP contribution in [0.1, 0.15) is 36.0 Å². The highest BCUT2D eigenvalue weighted by Crippen LogP contribution is 2.34. The molecule has 1 aromatic carbocycles. The van der Waals surface area contributed by atoms with Crippen molar-refractivity contribution in [1.82, 2.24) is 13.7 Å². The van der Waals surface area contributed by atoms with Crippen molar-refractivity contribution in [2.45, 2.75) is 32.6 Å². The van der Waals surface area contributed by atoms with E-state index in [1.165, 1.54) is 10.5 Å². The molecule has 0 unspecified atom stereocenters. The molecule has 0 spiro atoms. The molecule has 1 aliphatic rings. The number of nitrogens with zero attached hydrogens (tertiary/aromatic N) is 3. The van der Waals surface area contributed by atoms with Gasteiger partial charge in [0.2, 0.25) is 10.0 Å². The van der Waals surface area contributed by atoms with Gasteiger partial charge >= 0.3 is 0 Å². The lowest BCUT2D eigenvalue weighted by molar-refractivity contribution is 0.306. The first kappa shape index (κ1) is 19.4. The molecule has 1 saturated heterocycles. The number of piperidine rings is 1. The minimum absolute atomic E-state index is 0.00448. The number of ether oxygens (including phenoxy) is 1. The fraction of sp³-hybridized carbons (Fsp3) is 0.450. The van der Waals surface area contributed by atoms with Gasteiger partial charge in [0.15, 0.2) is 0 Å². The maximum absolute atomic E-state index is 12.7. The quantitative estimate of drug-likeness (QED) is 0.612. The van der Waals surface area contributed by atoms with E-state index < -0.39 is 10.0 Å². The molecular weight excluding hydrogens is 394 g/mol. The van der Waals surface area contributed by atoms with E-state index in [0.717, 1.165) is 24.4 Å². The van der Waals surface area contributed by atoms with E-state index in [-0.39, 0.29) is 12.4 Å².